The van der Waals surface area contributed by atoms with Gasteiger partial charge in [-0.3, -0.25) is 0 Å². The molecule has 0 saturated carbocycles. The lowest BCUT2D eigenvalue weighted by Gasteiger charge is -2.09. The Hall–Kier alpha value is -1.77. The smallest absolute Gasteiger partial charge is 0.341 e. The van der Waals surface area contributed by atoms with Gasteiger partial charge in [0.25, 0.3) is 0 Å². The molecule has 0 aliphatic heterocycles. The van der Waals surface area contributed by atoms with Crippen LogP contribution in [0, 0.1) is 0 Å². The molecule has 0 spiro atoms. The van der Waals surface area contributed by atoms with Crippen LogP contribution in [0.4, 0.5) is 0 Å². The summed E-state index contributed by atoms with van der Waals surface area (Å²) in [5.41, 5.74) is 1.29. The fourth-order valence-electron chi connectivity index (χ4n) is 1.23. The second-order valence-electron chi connectivity index (χ2n) is 2.88. The monoisotopic (exact) mass is 206 g/mol. The van der Waals surface area contributed by atoms with Gasteiger partial charge in [-0.15, -0.1) is 0 Å². The largest absolute Gasteiger partial charge is 0.493 e. The maximum atomic E-state index is 11.4. The van der Waals surface area contributed by atoms with E-state index in [1.165, 1.54) is 7.11 Å². The van der Waals surface area contributed by atoms with Crippen LogP contribution in [0.3, 0.4) is 0 Å². The van der Waals surface area contributed by atoms with Crippen LogP contribution in [0.5, 0.6) is 5.75 Å². The Bertz CT molecular complexity index is 369. The van der Waals surface area contributed by atoms with Gasteiger partial charge in [-0.2, -0.15) is 0 Å². The molecule has 0 radical (unpaired) electrons. The summed E-state index contributed by atoms with van der Waals surface area (Å²) in [4.78, 5) is 11.4. The molecule has 3 nitrogen and oxygen atoms in total. The first kappa shape index (κ1) is 11.3. The maximum absolute atomic E-state index is 11.4. The lowest BCUT2D eigenvalue weighted by molar-refractivity contribution is 0.0596. The third-order valence-electron chi connectivity index (χ3n) is 1.94. The van der Waals surface area contributed by atoms with Gasteiger partial charge in [0.05, 0.1) is 13.7 Å². The zero-order chi connectivity index (χ0) is 11.3. The summed E-state index contributed by atoms with van der Waals surface area (Å²) in [5.74, 6) is 0.136. The number of carbonyl (C=O) groups is 1. The number of hydrogen-bond acceptors (Lipinski definition) is 3. The SMILES string of the molecule is C=Cc1ccc(OCC)c(C(=O)OC)c1. The molecule has 0 aliphatic rings. The van der Waals surface area contributed by atoms with Crippen molar-refractivity contribution in [3.8, 4) is 5.75 Å². The highest BCUT2D eigenvalue weighted by atomic mass is 16.5. The zero-order valence-corrected chi connectivity index (χ0v) is 8.95. The highest BCUT2D eigenvalue weighted by Gasteiger charge is 2.12. The van der Waals surface area contributed by atoms with E-state index in [1.807, 2.05) is 13.0 Å². The average Bonchev–Trinajstić information content (AvgIpc) is 2.29. The molecule has 3 heteroatoms. The third kappa shape index (κ3) is 2.59. The van der Waals surface area contributed by atoms with E-state index in [0.717, 1.165) is 5.56 Å². The highest BCUT2D eigenvalue weighted by Crippen LogP contribution is 2.21. The van der Waals surface area contributed by atoms with E-state index >= 15 is 0 Å². The van der Waals surface area contributed by atoms with Crippen molar-refractivity contribution in [3.63, 3.8) is 0 Å². The van der Waals surface area contributed by atoms with E-state index < -0.39 is 5.97 Å². The molecule has 0 N–H and O–H groups in total. The van der Waals surface area contributed by atoms with Crippen LogP contribution >= 0.6 is 0 Å². The van der Waals surface area contributed by atoms with Crippen LogP contribution in [0.2, 0.25) is 0 Å². The molecule has 1 aromatic rings. The molecule has 1 aromatic carbocycles. The van der Waals surface area contributed by atoms with Crippen molar-refractivity contribution in [3.05, 3.63) is 35.9 Å². The van der Waals surface area contributed by atoms with Crippen LogP contribution in [0.15, 0.2) is 24.8 Å². The first-order valence-corrected chi connectivity index (χ1v) is 4.70. The van der Waals surface area contributed by atoms with Gasteiger partial charge < -0.3 is 9.47 Å². The van der Waals surface area contributed by atoms with E-state index in [9.17, 15) is 4.79 Å². The number of ether oxygens (including phenoxy) is 2. The van der Waals surface area contributed by atoms with Gasteiger partial charge in [-0.25, -0.2) is 4.79 Å². The predicted octanol–water partition coefficient (Wildman–Crippen LogP) is 2.51. The average molecular weight is 206 g/mol. The molecular formula is C12H14O3. The number of hydrogen-bond donors (Lipinski definition) is 0. The summed E-state index contributed by atoms with van der Waals surface area (Å²) >= 11 is 0. The molecule has 0 aromatic heterocycles. The summed E-state index contributed by atoms with van der Waals surface area (Å²) < 4.78 is 9.99. The summed E-state index contributed by atoms with van der Waals surface area (Å²) in [6.45, 7) is 6.01. The second-order valence-corrected chi connectivity index (χ2v) is 2.88. The van der Waals surface area contributed by atoms with E-state index in [4.69, 9.17) is 4.74 Å². The van der Waals surface area contributed by atoms with Crippen LogP contribution < -0.4 is 4.74 Å². The van der Waals surface area contributed by atoms with E-state index in [0.29, 0.717) is 17.9 Å². The van der Waals surface area contributed by atoms with Crippen molar-refractivity contribution in [2.75, 3.05) is 13.7 Å². The standard InChI is InChI=1S/C12H14O3/c1-4-9-6-7-11(15-5-2)10(8-9)12(13)14-3/h4,6-8H,1,5H2,2-3H3. The molecule has 1 rings (SSSR count). The van der Waals surface area contributed by atoms with E-state index in [1.54, 1.807) is 18.2 Å². The minimum absolute atomic E-state index is 0.401. The fourth-order valence-corrected chi connectivity index (χ4v) is 1.23. The molecule has 0 fully saturated rings. The molecule has 80 valence electrons. The van der Waals surface area contributed by atoms with Crippen LogP contribution in [0.1, 0.15) is 22.8 Å². The van der Waals surface area contributed by atoms with Gasteiger partial charge in [-0.05, 0) is 24.6 Å². The number of esters is 1. The van der Waals surface area contributed by atoms with Crippen molar-refractivity contribution in [2.45, 2.75) is 6.92 Å². The minimum Gasteiger partial charge on any atom is -0.493 e. The van der Waals surface area contributed by atoms with Crippen molar-refractivity contribution >= 4 is 12.0 Å². The van der Waals surface area contributed by atoms with Gasteiger partial charge >= 0.3 is 5.97 Å². The second kappa shape index (κ2) is 5.20. The van der Waals surface area contributed by atoms with E-state index in [2.05, 4.69) is 11.3 Å². The van der Waals surface area contributed by atoms with Crippen molar-refractivity contribution < 1.29 is 14.3 Å². The van der Waals surface area contributed by atoms with Crippen molar-refractivity contribution in [2.24, 2.45) is 0 Å². The number of methoxy groups -OCH3 is 1. The number of rotatable bonds is 4. The van der Waals surface area contributed by atoms with Gasteiger partial charge in [-0.1, -0.05) is 18.7 Å². The lowest BCUT2D eigenvalue weighted by Crippen LogP contribution is -2.05. The molecule has 0 bridgehead atoms. The topological polar surface area (TPSA) is 35.5 Å². The Morgan fingerprint density at radius 3 is 2.80 bits per heavy atom. The van der Waals surface area contributed by atoms with E-state index in [-0.39, 0.29) is 0 Å². The molecule has 0 unspecified atom stereocenters. The summed E-state index contributed by atoms with van der Waals surface area (Å²) in [6.07, 6.45) is 1.67. The van der Waals surface area contributed by atoms with Crippen molar-refractivity contribution in [1.82, 2.24) is 0 Å². The van der Waals surface area contributed by atoms with Crippen molar-refractivity contribution in [1.29, 1.82) is 0 Å². The number of carbonyl (C=O) groups excluding carboxylic acids is 1. The van der Waals surface area contributed by atoms with Gasteiger partial charge in [0, 0.05) is 0 Å². The summed E-state index contributed by atoms with van der Waals surface area (Å²) in [7, 11) is 1.35. The fraction of sp³-hybridized carbons (Fsp3) is 0.250. The van der Waals surface area contributed by atoms with Crippen LogP contribution in [-0.4, -0.2) is 19.7 Å². The Balaban J connectivity index is 3.15. The molecule has 0 aliphatic carbocycles. The van der Waals surface area contributed by atoms with Gasteiger partial charge in [0.15, 0.2) is 0 Å². The Kier molecular flexibility index (Phi) is 3.92. The first-order valence-electron chi connectivity index (χ1n) is 4.70. The molecule has 0 heterocycles. The quantitative estimate of drug-likeness (QED) is 0.710. The van der Waals surface area contributed by atoms with Gasteiger partial charge in [0.2, 0.25) is 0 Å². The third-order valence-corrected chi connectivity index (χ3v) is 1.94. The Morgan fingerprint density at radius 1 is 1.53 bits per heavy atom. The molecular weight excluding hydrogens is 192 g/mol. The first-order chi connectivity index (χ1) is 7.22. The van der Waals surface area contributed by atoms with Crippen LogP contribution in [0.25, 0.3) is 6.08 Å². The Labute approximate surface area is 89.3 Å². The zero-order valence-electron chi connectivity index (χ0n) is 8.95. The molecule has 0 atom stereocenters. The Morgan fingerprint density at radius 2 is 2.27 bits per heavy atom. The predicted molar refractivity (Wildman–Crippen MR) is 59.0 cm³/mol. The highest BCUT2D eigenvalue weighted by molar-refractivity contribution is 5.93. The molecule has 0 amide bonds. The minimum atomic E-state index is -0.401. The lowest BCUT2D eigenvalue weighted by atomic mass is 10.1. The normalized spacial score (nSPS) is 9.47. The number of benzene rings is 1. The van der Waals surface area contributed by atoms with Gasteiger partial charge in [0.1, 0.15) is 11.3 Å². The summed E-state index contributed by atoms with van der Waals surface area (Å²) in [6, 6.07) is 5.28. The molecule has 0 saturated heterocycles. The van der Waals surface area contributed by atoms with Crippen LogP contribution in [-0.2, 0) is 4.74 Å². The maximum Gasteiger partial charge on any atom is 0.341 e. The summed E-state index contributed by atoms with van der Waals surface area (Å²) in [5, 5.41) is 0. The molecule has 15 heavy (non-hydrogen) atoms.